The molecule has 7 nitrogen and oxygen atoms in total. The van der Waals surface area contributed by atoms with Gasteiger partial charge in [-0.3, -0.25) is 4.79 Å². The van der Waals surface area contributed by atoms with Gasteiger partial charge in [0, 0.05) is 41.5 Å². The summed E-state index contributed by atoms with van der Waals surface area (Å²) < 4.78 is 18.7. The molecule has 1 atom stereocenters. The Hall–Kier alpha value is -2.29. The molecule has 0 fully saturated rings. The summed E-state index contributed by atoms with van der Waals surface area (Å²) in [6, 6.07) is 11.2. The molecular weight excluding hydrogens is 485 g/mol. The smallest absolute Gasteiger partial charge is 0.405 e. The summed E-state index contributed by atoms with van der Waals surface area (Å²) in [4.78, 5) is 24.4. The molecule has 2 aromatic carbocycles. The minimum Gasteiger partial charge on any atom is -0.444 e. The molecule has 1 heterocycles. The van der Waals surface area contributed by atoms with Crippen LogP contribution in [0.4, 0.5) is 10.5 Å². The third-order valence-electron chi connectivity index (χ3n) is 4.57. The van der Waals surface area contributed by atoms with Crippen molar-refractivity contribution in [3.63, 3.8) is 0 Å². The second-order valence-electron chi connectivity index (χ2n) is 8.56. The van der Waals surface area contributed by atoms with Crippen molar-refractivity contribution >= 4 is 51.9 Å². The van der Waals surface area contributed by atoms with Gasteiger partial charge in [0.25, 0.3) is 0 Å². The van der Waals surface area contributed by atoms with E-state index < -0.39 is 22.7 Å². The van der Waals surface area contributed by atoms with Crippen LogP contribution in [0.5, 0.6) is 0 Å². The Morgan fingerprint density at radius 2 is 1.79 bits per heavy atom. The van der Waals surface area contributed by atoms with Gasteiger partial charge in [-0.05, 0) is 68.1 Å². The highest BCUT2D eigenvalue weighted by atomic mass is 35.5. The second kappa shape index (κ2) is 11.7. The summed E-state index contributed by atoms with van der Waals surface area (Å²) in [7, 11) is -1.11. The molecule has 0 aromatic heterocycles. The van der Waals surface area contributed by atoms with Gasteiger partial charge >= 0.3 is 6.09 Å². The van der Waals surface area contributed by atoms with Crippen LogP contribution in [0.3, 0.4) is 0 Å². The Bertz CT molecular complexity index is 1040. The summed E-state index contributed by atoms with van der Waals surface area (Å²) >= 11 is 12.1. The van der Waals surface area contributed by atoms with Crippen LogP contribution >= 0.6 is 23.2 Å². The Balaban J connectivity index is 0.000000414. The lowest BCUT2D eigenvalue weighted by Gasteiger charge is -2.16. The fourth-order valence-electron chi connectivity index (χ4n) is 3.23. The summed E-state index contributed by atoms with van der Waals surface area (Å²) in [6.45, 7) is 6.47. The second-order valence-corrected chi connectivity index (χ2v) is 10.5. The third kappa shape index (κ3) is 9.23. The van der Waals surface area contributed by atoms with E-state index in [1.807, 2.05) is 29.2 Å². The highest BCUT2D eigenvalue weighted by molar-refractivity contribution is 7.85. The lowest BCUT2D eigenvalue weighted by molar-refractivity contribution is -0.131. The quantitative estimate of drug-likeness (QED) is 0.583. The number of benzene rings is 2. The van der Waals surface area contributed by atoms with Crippen LogP contribution in [0.2, 0.25) is 10.0 Å². The number of primary amides is 1. The number of ether oxygens (including phenoxy) is 1. The van der Waals surface area contributed by atoms with Crippen molar-refractivity contribution in [2.24, 2.45) is 5.73 Å². The van der Waals surface area contributed by atoms with Gasteiger partial charge in [0.15, 0.2) is 0 Å². The van der Waals surface area contributed by atoms with Crippen LogP contribution in [-0.2, 0) is 40.0 Å². The molecule has 1 aliphatic rings. The third-order valence-corrected chi connectivity index (χ3v) is 5.68. The number of fused-ring (bicyclic) bond motifs is 1. The molecule has 33 heavy (non-hydrogen) atoms. The molecule has 0 radical (unpaired) electrons. The number of anilines is 1. The number of nitrogens with one attached hydrogen (secondary N) is 1. The number of hydrogen-bond donors (Lipinski definition) is 2. The number of carbonyl (C=O) groups excluding carboxylic acids is 2. The number of rotatable bonds is 5. The number of carbonyl (C=O) groups is 2. The molecule has 180 valence electrons. The van der Waals surface area contributed by atoms with E-state index in [4.69, 9.17) is 28.9 Å². The van der Waals surface area contributed by atoms with E-state index in [1.165, 1.54) is 0 Å². The molecule has 0 aliphatic carbocycles. The van der Waals surface area contributed by atoms with E-state index in [2.05, 4.69) is 9.46 Å². The van der Waals surface area contributed by atoms with E-state index >= 15 is 0 Å². The molecule has 3 N–H and O–H groups in total. The van der Waals surface area contributed by atoms with Gasteiger partial charge in [0.2, 0.25) is 5.91 Å². The molecule has 10 heteroatoms. The molecule has 0 saturated heterocycles. The number of halogens is 2. The standard InChI is InChI=1S/C18H18Cl2N2O2S.C5H11NO2/c1-25(24)21-16-6-3-13-10-22(11-14(13)8-16)18(23)7-4-12-2-5-15(19)9-17(12)20;1-5(2,3)8-4(6)7/h2-3,5-6,8-9,21H,4,7,10-11H2,1H3;1-3H3,(H2,6,7). The van der Waals surface area contributed by atoms with Crippen molar-refractivity contribution in [1.29, 1.82) is 0 Å². The van der Waals surface area contributed by atoms with E-state index in [-0.39, 0.29) is 5.91 Å². The molecule has 3 rings (SSSR count). The summed E-state index contributed by atoms with van der Waals surface area (Å²) in [5.74, 6) is 0.0933. The Morgan fingerprint density at radius 1 is 1.12 bits per heavy atom. The zero-order valence-corrected chi connectivity index (χ0v) is 21.4. The number of nitrogens with two attached hydrogens (primary N) is 1. The van der Waals surface area contributed by atoms with Gasteiger partial charge in [0.05, 0.1) is 0 Å². The monoisotopic (exact) mass is 513 g/mol. The molecule has 2 amide bonds. The Labute approximate surface area is 207 Å². The lowest BCUT2D eigenvalue weighted by Crippen LogP contribution is -2.27. The molecule has 2 aromatic rings. The van der Waals surface area contributed by atoms with Crippen molar-refractivity contribution in [2.45, 2.75) is 52.3 Å². The minimum atomic E-state index is -1.11. The normalized spacial score (nSPS) is 13.5. The molecule has 1 unspecified atom stereocenters. The van der Waals surface area contributed by atoms with Crippen LogP contribution in [0.15, 0.2) is 36.4 Å². The highest BCUT2D eigenvalue weighted by Gasteiger charge is 2.23. The van der Waals surface area contributed by atoms with Gasteiger partial charge in [0.1, 0.15) is 16.6 Å². The predicted molar refractivity (Wildman–Crippen MR) is 134 cm³/mol. The van der Waals surface area contributed by atoms with Gasteiger partial charge in [-0.2, -0.15) is 0 Å². The average molecular weight is 514 g/mol. The first-order valence-corrected chi connectivity index (χ1v) is 12.6. The predicted octanol–water partition coefficient (Wildman–Crippen LogP) is 5.05. The van der Waals surface area contributed by atoms with Crippen LogP contribution in [0, 0.1) is 0 Å². The van der Waals surface area contributed by atoms with Gasteiger partial charge < -0.3 is 20.1 Å². The molecule has 1 aliphatic heterocycles. The average Bonchev–Trinajstić information content (AvgIpc) is 3.08. The van der Waals surface area contributed by atoms with E-state index in [9.17, 15) is 13.8 Å². The number of aryl methyl sites for hydroxylation is 1. The zero-order chi connectivity index (χ0) is 24.8. The number of amides is 2. The van der Waals surface area contributed by atoms with Crippen LogP contribution in [0.25, 0.3) is 0 Å². The number of hydrogen-bond acceptors (Lipinski definition) is 4. The minimum absolute atomic E-state index is 0.0933. The lowest BCUT2D eigenvalue weighted by atomic mass is 10.1. The van der Waals surface area contributed by atoms with E-state index in [1.54, 1.807) is 39.2 Å². The summed E-state index contributed by atoms with van der Waals surface area (Å²) in [5.41, 5.74) is 8.22. The Kier molecular flexibility index (Phi) is 9.57. The van der Waals surface area contributed by atoms with Gasteiger partial charge in [-0.25, -0.2) is 9.00 Å². The number of nitrogens with zero attached hydrogens (tertiary/aromatic N) is 1. The Morgan fingerprint density at radius 3 is 2.33 bits per heavy atom. The first-order chi connectivity index (χ1) is 15.3. The van der Waals surface area contributed by atoms with Gasteiger partial charge in [-0.15, -0.1) is 0 Å². The highest BCUT2D eigenvalue weighted by Crippen LogP contribution is 2.27. The van der Waals surface area contributed by atoms with Crippen LogP contribution in [0.1, 0.15) is 43.9 Å². The van der Waals surface area contributed by atoms with Crippen LogP contribution < -0.4 is 10.5 Å². The van der Waals surface area contributed by atoms with Crippen molar-refractivity contribution in [3.05, 3.63) is 63.1 Å². The van der Waals surface area contributed by atoms with Crippen molar-refractivity contribution in [1.82, 2.24) is 4.90 Å². The summed E-state index contributed by atoms with van der Waals surface area (Å²) in [5, 5.41) is 1.18. The maximum atomic E-state index is 12.5. The topological polar surface area (TPSA) is 102 Å². The van der Waals surface area contributed by atoms with Gasteiger partial charge in [-0.1, -0.05) is 35.3 Å². The van der Waals surface area contributed by atoms with Crippen LogP contribution in [-0.4, -0.2) is 33.0 Å². The molecular formula is C23H29Cl2N3O4S. The van der Waals surface area contributed by atoms with Crippen molar-refractivity contribution in [3.8, 4) is 0 Å². The maximum Gasteiger partial charge on any atom is 0.405 e. The largest absolute Gasteiger partial charge is 0.444 e. The molecule has 0 bridgehead atoms. The molecule has 0 spiro atoms. The van der Waals surface area contributed by atoms with Crippen molar-refractivity contribution < 1.29 is 18.5 Å². The fraction of sp³-hybridized carbons (Fsp3) is 0.391. The fourth-order valence-corrected chi connectivity index (χ4v) is 4.19. The van der Waals surface area contributed by atoms with Crippen molar-refractivity contribution in [2.75, 3.05) is 11.0 Å². The maximum absolute atomic E-state index is 12.5. The summed E-state index contributed by atoms with van der Waals surface area (Å²) in [6.07, 6.45) is 1.85. The SMILES string of the molecule is CC(C)(C)OC(N)=O.CS(=O)Nc1ccc2c(c1)CN(C(=O)CCc1ccc(Cl)cc1Cl)C2. The molecule has 0 saturated carbocycles. The van der Waals surface area contributed by atoms with E-state index in [0.29, 0.717) is 36.0 Å². The zero-order valence-electron chi connectivity index (χ0n) is 19.1. The van der Waals surface area contributed by atoms with E-state index in [0.717, 1.165) is 22.4 Å². The first-order valence-electron chi connectivity index (χ1n) is 10.3. The first kappa shape index (κ1) is 27.0.